The van der Waals surface area contributed by atoms with E-state index >= 15 is 0 Å². The Morgan fingerprint density at radius 1 is 1.13 bits per heavy atom. The molecular formula is C29H32FN3O5. The van der Waals surface area contributed by atoms with Crippen LogP contribution >= 0.6 is 0 Å². The van der Waals surface area contributed by atoms with Crippen molar-refractivity contribution < 1.29 is 28.2 Å². The number of amides is 1. The highest BCUT2D eigenvalue weighted by molar-refractivity contribution is 5.98. The first-order valence-electron chi connectivity index (χ1n) is 12.4. The number of hydrogen-bond donors (Lipinski definition) is 2. The summed E-state index contributed by atoms with van der Waals surface area (Å²) in [4.78, 5) is 29.9. The fourth-order valence-electron chi connectivity index (χ4n) is 3.71. The van der Waals surface area contributed by atoms with Crippen molar-refractivity contribution in [1.29, 1.82) is 0 Å². The number of ether oxygens (including phenoxy) is 3. The number of pyridine rings is 1. The predicted octanol–water partition coefficient (Wildman–Crippen LogP) is 4.40. The zero-order valence-corrected chi connectivity index (χ0v) is 21.8. The SMILES string of the molecule is COc1ccc(CNC(=O)c2cc(-c3ncccc3COC(=O)C(C)(C)N)ccc2OCC2CC2)cc1F. The number of carbonyl (C=O) groups excluding carboxylic acids is 2. The fraction of sp³-hybridized carbons (Fsp3) is 0.345. The van der Waals surface area contributed by atoms with E-state index in [9.17, 15) is 14.0 Å². The Labute approximate surface area is 221 Å². The molecule has 0 atom stereocenters. The zero-order chi connectivity index (χ0) is 27.3. The maximum absolute atomic E-state index is 14.1. The summed E-state index contributed by atoms with van der Waals surface area (Å²) in [6.07, 6.45) is 3.85. The van der Waals surface area contributed by atoms with E-state index in [0.29, 0.717) is 46.2 Å². The summed E-state index contributed by atoms with van der Waals surface area (Å²) in [6, 6.07) is 13.3. The van der Waals surface area contributed by atoms with E-state index in [2.05, 4.69) is 10.3 Å². The molecule has 1 aliphatic rings. The topological polar surface area (TPSA) is 113 Å². The number of rotatable bonds is 11. The van der Waals surface area contributed by atoms with Crippen molar-refractivity contribution in [3.63, 3.8) is 0 Å². The Kier molecular flexibility index (Phi) is 8.26. The molecule has 1 aliphatic carbocycles. The Balaban J connectivity index is 1.57. The average Bonchev–Trinajstić information content (AvgIpc) is 3.73. The number of benzene rings is 2. The Morgan fingerprint density at radius 2 is 1.89 bits per heavy atom. The number of aromatic nitrogens is 1. The molecule has 1 amide bonds. The fourth-order valence-corrected chi connectivity index (χ4v) is 3.71. The Hall–Kier alpha value is -3.98. The summed E-state index contributed by atoms with van der Waals surface area (Å²) in [5.41, 5.74) is 7.51. The van der Waals surface area contributed by atoms with Crippen molar-refractivity contribution in [2.24, 2.45) is 11.7 Å². The second-order valence-corrected chi connectivity index (χ2v) is 9.93. The van der Waals surface area contributed by atoms with Crippen LogP contribution in [-0.2, 0) is 22.7 Å². The van der Waals surface area contributed by atoms with E-state index in [1.165, 1.54) is 19.2 Å². The number of nitrogens with zero attached hydrogens (tertiary/aromatic N) is 1. The van der Waals surface area contributed by atoms with Gasteiger partial charge < -0.3 is 25.3 Å². The van der Waals surface area contributed by atoms with Crippen LogP contribution in [0.3, 0.4) is 0 Å². The molecule has 0 unspecified atom stereocenters. The third kappa shape index (κ3) is 6.86. The minimum Gasteiger partial charge on any atom is -0.494 e. The summed E-state index contributed by atoms with van der Waals surface area (Å²) in [5.74, 6) is -0.329. The molecule has 1 saturated carbocycles. The highest BCUT2D eigenvalue weighted by Crippen LogP contribution is 2.32. The van der Waals surface area contributed by atoms with Gasteiger partial charge in [-0.05, 0) is 74.6 Å². The first-order chi connectivity index (χ1) is 18.2. The molecule has 0 radical (unpaired) electrons. The second kappa shape index (κ2) is 11.6. The number of nitrogens with two attached hydrogens (primary N) is 1. The summed E-state index contributed by atoms with van der Waals surface area (Å²) in [6.45, 7) is 3.78. The molecule has 2 aromatic carbocycles. The van der Waals surface area contributed by atoms with Crippen LogP contribution in [0.25, 0.3) is 11.3 Å². The molecule has 1 heterocycles. The van der Waals surface area contributed by atoms with E-state index in [-0.39, 0.29) is 24.8 Å². The number of methoxy groups -OCH3 is 1. The van der Waals surface area contributed by atoms with E-state index < -0.39 is 17.3 Å². The van der Waals surface area contributed by atoms with Crippen LogP contribution in [0, 0.1) is 11.7 Å². The van der Waals surface area contributed by atoms with Crippen molar-refractivity contribution in [3.8, 4) is 22.8 Å². The maximum atomic E-state index is 14.1. The van der Waals surface area contributed by atoms with Crippen LogP contribution in [0.5, 0.6) is 11.5 Å². The van der Waals surface area contributed by atoms with Crippen molar-refractivity contribution >= 4 is 11.9 Å². The van der Waals surface area contributed by atoms with Crippen molar-refractivity contribution in [1.82, 2.24) is 10.3 Å². The largest absolute Gasteiger partial charge is 0.494 e. The van der Waals surface area contributed by atoms with E-state index in [1.807, 2.05) is 6.07 Å². The van der Waals surface area contributed by atoms with Gasteiger partial charge >= 0.3 is 5.97 Å². The number of esters is 1. The van der Waals surface area contributed by atoms with Gasteiger partial charge in [0.1, 0.15) is 17.9 Å². The molecule has 0 bridgehead atoms. The molecule has 3 N–H and O–H groups in total. The Morgan fingerprint density at radius 3 is 2.58 bits per heavy atom. The van der Waals surface area contributed by atoms with Crippen LogP contribution < -0.4 is 20.5 Å². The highest BCUT2D eigenvalue weighted by atomic mass is 19.1. The minimum atomic E-state index is -1.12. The standard InChI is InChI=1S/C29H32FN3O5/c1-29(2,31)28(35)38-17-21-5-4-12-32-26(21)20-9-11-24(37-16-18-6-7-18)22(14-20)27(34)33-15-19-8-10-25(36-3)23(30)13-19/h4-5,8-14,18H,6-7,15-17,31H2,1-3H3,(H,33,34). The van der Waals surface area contributed by atoms with Gasteiger partial charge in [-0.2, -0.15) is 0 Å². The quantitative estimate of drug-likeness (QED) is 0.360. The molecule has 9 heteroatoms. The van der Waals surface area contributed by atoms with Gasteiger partial charge in [0.25, 0.3) is 5.91 Å². The van der Waals surface area contributed by atoms with Gasteiger partial charge in [-0.25, -0.2) is 4.39 Å². The lowest BCUT2D eigenvalue weighted by Crippen LogP contribution is -2.42. The van der Waals surface area contributed by atoms with Gasteiger partial charge in [0.05, 0.1) is 25.0 Å². The first-order valence-corrected chi connectivity index (χ1v) is 12.4. The van der Waals surface area contributed by atoms with Gasteiger partial charge in [-0.15, -0.1) is 0 Å². The minimum absolute atomic E-state index is 0.0207. The molecule has 8 nitrogen and oxygen atoms in total. The van der Waals surface area contributed by atoms with Crippen LogP contribution in [0.1, 0.15) is 48.2 Å². The third-order valence-electron chi connectivity index (χ3n) is 6.11. The van der Waals surface area contributed by atoms with Crippen LogP contribution in [0.4, 0.5) is 4.39 Å². The van der Waals surface area contributed by atoms with Crippen LogP contribution in [0.2, 0.25) is 0 Å². The van der Waals surface area contributed by atoms with Crippen LogP contribution in [-0.4, -0.2) is 36.1 Å². The molecule has 4 rings (SSSR count). The molecule has 38 heavy (non-hydrogen) atoms. The van der Waals surface area contributed by atoms with Crippen molar-refractivity contribution in [2.45, 2.75) is 45.4 Å². The smallest absolute Gasteiger partial charge is 0.325 e. The number of hydrogen-bond acceptors (Lipinski definition) is 7. The number of halogens is 1. The maximum Gasteiger partial charge on any atom is 0.325 e. The molecule has 1 aromatic heterocycles. The summed E-state index contributed by atoms with van der Waals surface area (Å²) < 4.78 is 30.4. The molecule has 0 saturated heterocycles. The summed E-state index contributed by atoms with van der Waals surface area (Å²) >= 11 is 0. The van der Waals surface area contributed by atoms with Crippen molar-refractivity contribution in [2.75, 3.05) is 13.7 Å². The monoisotopic (exact) mass is 521 g/mol. The Bertz CT molecular complexity index is 1320. The van der Waals surface area contributed by atoms with Crippen molar-refractivity contribution in [3.05, 3.63) is 77.2 Å². The predicted molar refractivity (Wildman–Crippen MR) is 140 cm³/mol. The van der Waals surface area contributed by atoms with E-state index in [4.69, 9.17) is 19.9 Å². The lowest BCUT2D eigenvalue weighted by Gasteiger charge is -2.18. The van der Waals surface area contributed by atoms with Gasteiger partial charge in [0, 0.05) is 23.9 Å². The average molecular weight is 522 g/mol. The third-order valence-corrected chi connectivity index (χ3v) is 6.11. The number of carbonyl (C=O) groups is 2. The highest BCUT2D eigenvalue weighted by Gasteiger charge is 2.25. The summed E-state index contributed by atoms with van der Waals surface area (Å²) in [7, 11) is 1.39. The van der Waals surface area contributed by atoms with E-state index in [0.717, 1.165) is 12.8 Å². The molecule has 0 spiro atoms. The molecular weight excluding hydrogens is 489 g/mol. The zero-order valence-electron chi connectivity index (χ0n) is 21.8. The normalized spacial score (nSPS) is 13.1. The van der Waals surface area contributed by atoms with Gasteiger partial charge in [-0.1, -0.05) is 12.1 Å². The lowest BCUT2D eigenvalue weighted by molar-refractivity contribution is -0.150. The second-order valence-electron chi connectivity index (χ2n) is 9.93. The molecule has 1 fully saturated rings. The van der Waals surface area contributed by atoms with Gasteiger partial charge in [0.2, 0.25) is 0 Å². The van der Waals surface area contributed by atoms with Gasteiger partial charge in [0.15, 0.2) is 11.6 Å². The molecule has 0 aliphatic heterocycles. The number of nitrogens with one attached hydrogen (secondary N) is 1. The summed E-state index contributed by atoms with van der Waals surface area (Å²) in [5, 5.41) is 2.84. The van der Waals surface area contributed by atoms with E-state index in [1.54, 1.807) is 50.4 Å². The molecule has 200 valence electrons. The van der Waals surface area contributed by atoms with Gasteiger partial charge in [-0.3, -0.25) is 14.6 Å². The van der Waals surface area contributed by atoms with Crippen LogP contribution in [0.15, 0.2) is 54.7 Å². The molecule has 3 aromatic rings. The lowest BCUT2D eigenvalue weighted by atomic mass is 10.0. The first kappa shape index (κ1) is 27.1.